The predicted octanol–water partition coefficient (Wildman–Crippen LogP) is 3.50. The van der Waals surface area contributed by atoms with Gasteiger partial charge in [0.15, 0.2) is 0 Å². The standard InChI is InChI=1S/C13H7F2N/c14-10-6-5-9(8-16)12(7-10)11-3-1-2-4-13(11)15/h1-7H. The fraction of sp³-hybridized carbons (Fsp3) is 0. The van der Waals surface area contributed by atoms with Crippen LogP contribution in [0.5, 0.6) is 0 Å². The van der Waals surface area contributed by atoms with Crippen molar-refractivity contribution in [2.24, 2.45) is 0 Å². The number of nitriles is 1. The lowest BCUT2D eigenvalue weighted by Gasteiger charge is -2.05. The van der Waals surface area contributed by atoms with Crippen molar-refractivity contribution in [3.63, 3.8) is 0 Å². The zero-order chi connectivity index (χ0) is 11.5. The van der Waals surface area contributed by atoms with E-state index in [1.54, 1.807) is 12.1 Å². The molecule has 0 saturated heterocycles. The van der Waals surface area contributed by atoms with Gasteiger partial charge in [0, 0.05) is 11.1 Å². The van der Waals surface area contributed by atoms with Gasteiger partial charge in [-0.2, -0.15) is 5.26 Å². The van der Waals surface area contributed by atoms with Crippen molar-refractivity contribution in [1.29, 1.82) is 5.26 Å². The topological polar surface area (TPSA) is 23.8 Å². The summed E-state index contributed by atoms with van der Waals surface area (Å²) in [6.07, 6.45) is 0. The van der Waals surface area contributed by atoms with E-state index in [1.165, 1.54) is 24.3 Å². The van der Waals surface area contributed by atoms with Crippen LogP contribution in [-0.4, -0.2) is 0 Å². The molecule has 78 valence electrons. The van der Waals surface area contributed by atoms with Crippen molar-refractivity contribution in [3.8, 4) is 17.2 Å². The highest BCUT2D eigenvalue weighted by Crippen LogP contribution is 2.26. The second-order valence-corrected chi connectivity index (χ2v) is 3.28. The summed E-state index contributed by atoms with van der Waals surface area (Å²) >= 11 is 0. The lowest BCUT2D eigenvalue weighted by Crippen LogP contribution is -1.89. The molecule has 0 radical (unpaired) electrons. The second-order valence-electron chi connectivity index (χ2n) is 3.28. The smallest absolute Gasteiger partial charge is 0.131 e. The van der Waals surface area contributed by atoms with Crippen LogP contribution in [0, 0.1) is 23.0 Å². The maximum Gasteiger partial charge on any atom is 0.131 e. The molecule has 0 heterocycles. The lowest BCUT2D eigenvalue weighted by molar-refractivity contribution is 0.624. The molecule has 2 aromatic rings. The van der Waals surface area contributed by atoms with E-state index >= 15 is 0 Å². The van der Waals surface area contributed by atoms with Gasteiger partial charge in [-0.1, -0.05) is 18.2 Å². The molecule has 0 aromatic heterocycles. The Kier molecular flexibility index (Phi) is 2.65. The summed E-state index contributed by atoms with van der Waals surface area (Å²) in [6.45, 7) is 0. The summed E-state index contributed by atoms with van der Waals surface area (Å²) < 4.78 is 26.6. The normalized spacial score (nSPS) is 9.81. The summed E-state index contributed by atoms with van der Waals surface area (Å²) in [4.78, 5) is 0. The van der Waals surface area contributed by atoms with Crippen LogP contribution >= 0.6 is 0 Å². The Hall–Kier alpha value is -2.21. The molecule has 0 fully saturated rings. The predicted molar refractivity (Wildman–Crippen MR) is 56.5 cm³/mol. The van der Waals surface area contributed by atoms with Crippen molar-refractivity contribution >= 4 is 0 Å². The van der Waals surface area contributed by atoms with Crippen LogP contribution in [0.4, 0.5) is 8.78 Å². The van der Waals surface area contributed by atoms with Gasteiger partial charge >= 0.3 is 0 Å². The summed E-state index contributed by atoms with van der Waals surface area (Å²) in [7, 11) is 0. The Labute approximate surface area is 91.6 Å². The Balaban J connectivity index is 2.69. The van der Waals surface area contributed by atoms with Crippen LogP contribution in [0.15, 0.2) is 42.5 Å². The highest BCUT2D eigenvalue weighted by molar-refractivity contribution is 5.70. The van der Waals surface area contributed by atoms with Gasteiger partial charge in [0.05, 0.1) is 11.6 Å². The molecule has 2 rings (SSSR count). The molecule has 16 heavy (non-hydrogen) atoms. The largest absolute Gasteiger partial charge is 0.207 e. The van der Waals surface area contributed by atoms with Gasteiger partial charge in [-0.15, -0.1) is 0 Å². The lowest BCUT2D eigenvalue weighted by atomic mass is 10.00. The van der Waals surface area contributed by atoms with Crippen LogP contribution in [-0.2, 0) is 0 Å². The average Bonchev–Trinajstić information content (AvgIpc) is 2.29. The van der Waals surface area contributed by atoms with Crippen molar-refractivity contribution in [3.05, 3.63) is 59.7 Å². The molecular weight excluding hydrogens is 208 g/mol. The monoisotopic (exact) mass is 215 g/mol. The summed E-state index contributed by atoms with van der Waals surface area (Å²) in [5, 5.41) is 8.87. The van der Waals surface area contributed by atoms with Crippen LogP contribution in [0.3, 0.4) is 0 Å². The number of nitrogens with zero attached hydrogens (tertiary/aromatic N) is 1. The van der Waals surface area contributed by atoms with E-state index in [2.05, 4.69) is 0 Å². The van der Waals surface area contributed by atoms with Crippen LogP contribution < -0.4 is 0 Å². The minimum absolute atomic E-state index is 0.235. The fourth-order valence-corrected chi connectivity index (χ4v) is 1.52. The number of hydrogen-bond donors (Lipinski definition) is 0. The molecule has 2 aromatic carbocycles. The Morgan fingerprint density at radius 3 is 2.38 bits per heavy atom. The summed E-state index contributed by atoms with van der Waals surface area (Å²) in [5.41, 5.74) is 0.769. The first-order chi connectivity index (χ1) is 7.72. The first-order valence-corrected chi connectivity index (χ1v) is 4.67. The van der Waals surface area contributed by atoms with Crippen LogP contribution in [0.25, 0.3) is 11.1 Å². The van der Waals surface area contributed by atoms with Gasteiger partial charge in [-0.25, -0.2) is 8.78 Å². The Morgan fingerprint density at radius 2 is 1.69 bits per heavy atom. The summed E-state index contributed by atoms with van der Waals surface area (Å²) in [5.74, 6) is -0.957. The zero-order valence-electron chi connectivity index (χ0n) is 8.24. The Morgan fingerprint density at radius 1 is 0.938 bits per heavy atom. The molecule has 0 spiro atoms. The molecule has 0 saturated carbocycles. The number of benzene rings is 2. The van der Waals surface area contributed by atoms with E-state index < -0.39 is 11.6 Å². The van der Waals surface area contributed by atoms with Crippen LogP contribution in [0.2, 0.25) is 0 Å². The zero-order valence-corrected chi connectivity index (χ0v) is 8.24. The van der Waals surface area contributed by atoms with Gasteiger partial charge in [0.2, 0.25) is 0 Å². The minimum Gasteiger partial charge on any atom is -0.207 e. The molecule has 0 unspecified atom stereocenters. The average molecular weight is 215 g/mol. The highest BCUT2D eigenvalue weighted by atomic mass is 19.1. The molecule has 0 aliphatic rings. The molecule has 0 N–H and O–H groups in total. The van der Waals surface area contributed by atoms with Gasteiger partial charge in [0.1, 0.15) is 11.6 Å². The first kappa shape index (κ1) is 10.3. The minimum atomic E-state index is -0.489. The van der Waals surface area contributed by atoms with E-state index in [0.29, 0.717) is 0 Å². The third-order valence-corrected chi connectivity index (χ3v) is 2.27. The van der Waals surface area contributed by atoms with Crippen molar-refractivity contribution in [2.45, 2.75) is 0 Å². The molecule has 0 aliphatic heterocycles. The number of halogens is 2. The molecule has 3 heteroatoms. The van der Waals surface area contributed by atoms with E-state index in [4.69, 9.17) is 5.26 Å². The number of rotatable bonds is 1. The Bertz CT molecular complexity index is 570. The maximum absolute atomic E-state index is 13.5. The summed E-state index contributed by atoms with van der Waals surface area (Å²) in [6, 6.07) is 11.6. The second kappa shape index (κ2) is 4.11. The van der Waals surface area contributed by atoms with Crippen molar-refractivity contribution in [1.82, 2.24) is 0 Å². The van der Waals surface area contributed by atoms with Gasteiger partial charge in [-0.05, 0) is 24.3 Å². The molecule has 1 nitrogen and oxygen atoms in total. The quantitative estimate of drug-likeness (QED) is 0.714. The highest BCUT2D eigenvalue weighted by Gasteiger charge is 2.09. The SMILES string of the molecule is N#Cc1ccc(F)cc1-c1ccccc1F. The van der Waals surface area contributed by atoms with Gasteiger partial charge < -0.3 is 0 Å². The molecule has 0 atom stereocenters. The van der Waals surface area contributed by atoms with Crippen molar-refractivity contribution < 1.29 is 8.78 Å². The van der Waals surface area contributed by atoms with E-state index in [0.717, 1.165) is 6.07 Å². The molecular formula is C13H7F2N. The van der Waals surface area contributed by atoms with Crippen LogP contribution in [0.1, 0.15) is 5.56 Å². The molecule has 0 amide bonds. The maximum atomic E-state index is 13.5. The first-order valence-electron chi connectivity index (χ1n) is 4.67. The number of hydrogen-bond acceptors (Lipinski definition) is 1. The van der Waals surface area contributed by atoms with E-state index in [9.17, 15) is 8.78 Å². The molecule has 0 bridgehead atoms. The van der Waals surface area contributed by atoms with E-state index in [1.807, 2.05) is 6.07 Å². The third kappa shape index (κ3) is 1.78. The molecule has 0 aliphatic carbocycles. The van der Waals surface area contributed by atoms with Crippen molar-refractivity contribution in [2.75, 3.05) is 0 Å². The fourth-order valence-electron chi connectivity index (χ4n) is 1.52. The van der Waals surface area contributed by atoms with E-state index in [-0.39, 0.29) is 16.7 Å². The van der Waals surface area contributed by atoms with Gasteiger partial charge in [-0.3, -0.25) is 0 Å². The third-order valence-electron chi connectivity index (χ3n) is 2.27. The van der Waals surface area contributed by atoms with Gasteiger partial charge in [0.25, 0.3) is 0 Å².